The molecule has 0 rings (SSSR count). The molecule has 1 atom stereocenters. The maximum absolute atomic E-state index is 11.4. The van der Waals surface area contributed by atoms with E-state index in [1.54, 1.807) is 11.8 Å². The van der Waals surface area contributed by atoms with Crippen molar-refractivity contribution < 1.29 is 4.79 Å². The standard InChI is InChI=1S/C11H24N2OS/c1-11(2,3)8-9(12)7-10(14)13-5-6-15-4/h9H,5-8,12H2,1-4H3,(H,13,14). The zero-order valence-corrected chi connectivity index (χ0v) is 11.1. The Morgan fingerprint density at radius 2 is 2.07 bits per heavy atom. The highest BCUT2D eigenvalue weighted by atomic mass is 32.2. The van der Waals surface area contributed by atoms with Crippen molar-refractivity contribution in [3.05, 3.63) is 0 Å². The Hall–Kier alpha value is -0.220. The van der Waals surface area contributed by atoms with E-state index in [0.29, 0.717) is 6.42 Å². The van der Waals surface area contributed by atoms with Crippen molar-refractivity contribution in [1.82, 2.24) is 5.32 Å². The Balaban J connectivity index is 3.67. The Kier molecular flexibility index (Phi) is 7.02. The number of nitrogens with two attached hydrogens (primary N) is 1. The van der Waals surface area contributed by atoms with Gasteiger partial charge in [-0.1, -0.05) is 20.8 Å². The Labute approximate surface area is 97.6 Å². The van der Waals surface area contributed by atoms with Crippen LogP contribution in [0.25, 0.3) is 0 Å². The first-order valence-electron chi connectivity index (χ1n) is 5.36. The van der Waals surface area contributed by atoms with Crippen LogP contribution in [0.2, 0.25) is 0 Å². The number of amides is 1. The minimum absolute atomic E-state index is 0.0284. The molecule has 15 heavy (non-hydrogen) atoms. The summed E-state index contributed by atoms with van der Waals surface area (Å²) in [6, 6.07) is -0.0284. The van der Waals surface area contributed by atoms with Crippen LogP contribution in [0, 0.1) is 5.41 Å². The molecule has 3 N–H and O–H groups in total. The van der Waals surface area contributed by atoms with Crippen molar-refractivity contribution in [3.63, 3.8) is 0 Å². The molecular formula is C11H24N2OS. The van der Waals surface area contributed by atoms with Gasteiger partial charge < -0.3 is 11.1 Å². The Morgan fingerprint density at radius 1 is 1.47 bits per heavy atom. The van der Waals surface area contributed by atoms with Gasteiger partial charge in [0.25, 0.3) is 0 Å². The number of rotatable bonds is 6. The number of nitrogens with one attached hydrogen (secondary N) is 1. The number of carbonyl (C=O) groups excluding carboxylic acids is 1. The van der Waals surface area contributed by atoms with Gasteiger partial charge in [-0.3, -0.25) is 4.79 Å². The van der Waals surface area contributed by atoms with Gasteiger partial charge in [-0.25, -0.2) is 0 Å². The van der Waals surface area contributed by atoms with E-state index < -0.39 is 0 Å². The van der Waals surface area contributed by atoms with Crippen LogP contribution < -0.4 is 11.1 Å². The molecule has 0 bridgehead atoms. The SMILES string of the molecule is CSCCNC(=O)CC(N)CC(C)(C)C. The normalized spacial score (nSPS) is 13.7. The average Bonchev–Trinajstić information content (AvgIpc) is 2.00. The molecule has 0 aromatic rings. The maximum Gasteiger partial charge on any atom is 0.221 e. The number of thioether (sulfide) groups is 1. The van der Waals surface area contributed by atoms with Crippen LogP contribution in [-0.2, 0) is 4.79 Å². The highest BCUT2D eigenvalue weighted by Crippen LogP contribution is 2.20. The number of hydrogen-bond acceptors (Lipinski definition) is 3. The van der Waals surface area contributed by atoms with E-state index in [9.17, 15) is 4.79 Å². The van der Waals surface area contributed by atoms with Gasteiger partial charge in [0.2, 0.25) is 5.91 Å². The monoisotopic (exact) mass is 232 g/mol. The van der Waals surface area contributed by atoms with Crippen LogP contribution in [0.4, 0.5) is 0 Å². The first-order valence-corrected chi connectivity index (χ1v) is 6.76. The molecule has 3 nitrogen and oxygen atoms in total. The lowest BCUT2D eigenvalue weighted by atomic mass is 9.87. The first kappa shape index (κ1) is 14.8. The van der Waals surface area contributed by atoms with Gasteiger partial charge in [0, 0.05) is 24.8 Å². The molecule has 0 radical (unpaired) electrons. The molecule has 0 heterocycles. The van der Waals surface area contributed by atoms with Crippen molar-refractivity contribution in [1.29, 1.82) is 0 Å². The third-order valence-electron chi connectivity index (χ3n) is 1.95. The van der Waals surface area contributed by atoms with Crippen LogP contribution in [0.15, 0.2) is 0 Å². The fourth-order valence-corrected chi connectivity index (χ4v) is 1.77. The third-order valence-corrected chi connectivity index (χ3v) is 2.56. The third kappa shape index (κ3) is 10.1. The van der Waals surface area contributed by atoms with Crippen molar-refractivity contribution in [2.75, 3.05) is 18.6 Å². The molecule has 0 aromatic heterocycles. The average molecular weight is 232 g/mol. The fraction of sp³-hybridized carbons (Fsp3) is 0.909. The summed E-state index contributed by atoms with van der Waals surface area (Å²) in [7, 11) is 0. The quantitative estimate of drug-likeness (QED) is 0.684. The molecule has 0 fully saturated rings. The van der Waals surface area contributed by atoms with Crippen molar-refractivity contribution in [2.45, 2.75) is 39.7 Å². The zero-order chi connectivity index (χ0) is 11.9. The van der Waals surface area contributed by atoms with Gasteiger partial charge in [-0.2, -0.15) is 11.8 Å². The maximum atomic E-state index is 11.4. The van der Waals surface area contributed by atoms with Gasteiger partial charge in [0.1, 0.15) is 0 Å². The molecule has 4 heteroatoms. The first-order chi connectivity index (χ1) is 6.85. The van der Waals surface area contributed by atoms with Crippen LogP contribution in [0.1, 0.15) is 33.6 Å². The van der Waals surface area contributed by atoms with Gasteiger partial charge in [0.05, 0.1) is 0 Å². The van der Waals surface area contributed by atoms with Crippen LogP contribution >= 0.6 is 11.8 Å². The van der Waals surface area contributed by atoms with Crippen LogP contribution in [-0.4, -0.2) is 30.5 Å². The highest BCUT2D eigenvalue weighted by molar-refractivity contribution is 7.98. The van der Waals surface area contributed by atoms with Gasteiger partial charge >= 0.3 is 0 Å². The minimum Gasteiger partial charge on any atom is -0.355 e. The van der Waals surface area contributed by atoms with E-state index in [4.69, 9.17) is 5.73 Å². The summed E-state index contributed by atoms with van der Waals surface area (Å²) in [6.45, 7) is 7.15. The van der Waals surface area contributed by atoms with E-state index in [2.05, 4.69) is 26.1 Å². The summed E-state index contributed by atoms with van der Waals surface area (Å²) in [5, 5.41) is 2.86. The lowest BCUT2D eigenvalue weighted by Crippen LogP contribution is -2.35. The number of hydrogen-bond donors (Lipinski definition) is 2. The predicted octanol–water partition coefficient (Wildman–Crippen LogP) is 1.62. The smallest absolute Gasteiger partial charge is 0.221 e. The lowest BCUT2D eigenvalue weighted by molar-refractivity contribution is -0.121. The van der Waals surface area contributed by atoms with E-state index in [1.807, 2.05) is 6.26 Å². The highest BCUT2D eigenvalue weighted by Gasteiger charge is 2.17. The predicted molar refractivity (Wildman–Crippen MR) is 68.1 cm³/mol. The Bertz CT molecular complexity index is 190. The van der Waals surface area contributed by atoms with Crippen LogP contribution in [0.3, 0.4) is 0 Å². The molecule has 0 spiro atoms. The topological polar surface area (TPSA) is 55.1 Å². The second-order valence-electron chi connectivity index (χ2n) is 5.07. The fourth-order valence-electron chi connectivity index (χ4n) is 1.46. The summed E-state index contributed by atoms with van der Waals surface area (Å²) in [6.07, 6.45) is 3.34. The molecule has 0 saturated heterocycles. The van der Waals surface area contributed by atoms with E-state index in [0.717, 1.165) is 18.7 Å². The molecule has 0 aliphatic heterocycles. The van der Waals surface area contributed by atoms with Crippen molar-refractivity contribution >= 4 is 17.7 Å². The minimum atomic E-state index is -0.0284. The zero-order valence-electron chi connectivity index (χ0n) is 10.3. The largest absolute Gasteiger partial charge is 0.355 e. The van der Waals surface area contributed by atoms with Crippen molar-refractivity contribution in [2.24, 2.45) is 11.1 Å². The summed E-state index contributed by atoms with van der Waals surface area (Å²) in [5.74, 6) is 1.03. The lowest BCUT2D eigenvalue weighted by Gasteiger charge is -2.22. The molecule has 1 amide bonds. The van der Waals surface area contributed by atoms with E-state index >= 15 is 0 Å². The van der Waals surface area contributed by atoms with Gasteiger partial charge in [-0.15, -0.1) is 0 Å². The van der Waals surface area contributed by atoms with Gasteiger partial charge in [-0.05, 0) is 18.1 Å². The molecule has 0 aliphatic carbocycles. The summed E-state index contributed by atoms with van der Waals surface area (Å²) in [5.41, 5.74) is 6.09. The second-order valence-corrected chi connectivity index (χ2v) is 6.06. The summed E-state index contributed by atoms with van der Waals surface area (Å²) >= 11 is 1.73. The van der Waals surface area contributed by atoms with E-state index in [1.165, 1.54) is 0 Å². The van der Waals surface area contributed by atoms with Crippen LogP contribution in [0.5, 0.6) is 0 Å². The number of carbonyl (C=O) groups is 1. The Morgan fingerprint density at radius 3 is 2.53 bits per heavy atom. The summed E-state index contributed by atoms with van der Waals surface area (Å²) in [4.78, 5) is 11.4. The van der Waals surface area contributed by atoms with E-state index in [-0.39, 0.29) is 17.4 Å². The molecule has 0 aliphatic rings. The summed E-state index contributed by atoms with van der Waals surface area (Å²) < 4.78 is 0. The van der Waals surface area contributed by atoms with Gasteiger partial charge in [0.15, 0.2) is 0 Å². The molecule has 0 aromatic carbocycles. The molecular weight excluding hydrogens is 208 g/mol. The second kappa shape index (κ2) is 7.12. The molecule has 0 saturated carbocycles. The van der Waals surface area contributed by atoms with Crippen molar-refractivity contribution in [3.8, 4) is 0 Å². The molecule has 90 valence electrons. The molecule has 1 unspecified atom stereocenters.